The lowest BCUT2D eigenvalue weighted by Gasteiger charge is -2.53. The van der Waals surface area contributed by atoms with E-state index < -0.39 is 5.82 Å². The Hall–Kier alpha value is -4.87. The second kappa shape index (κ2) is 12.5. The first-order valence-corrected chi connectivity index (χ1v) is 17.6. The van der Waals surface area contributed by atoms with Crippen LogP contribution in [-0.4, -0.2) is 59.4 Å². The molecule has 0 bridgehead atoms. The van der Waals surface area contributed by atoms with Crippen LogP contribution >= 0.6 is 11.3 Å². The van der Waals surface area contributed by atoms with Gasteiger partial charge in [0.25, 0.3) is 11.8 Å². The van der Waals surface area contributed by atoms with Gasteiger partial charge in [-0.3, -0.25) is 14.3 Å². The molecule has 49 heavy (non-hydrogen) atoms. The van der Waals surface area contributed by atoms with Gasteiger partial charge < -0.3 is 19.9 Å². The number of carbonyl (C=O) groups is 2. The molecule has 250 valence electrons. The van der Waals surface area contributed by atoms with Crippen molar-refractivity contribution in [2.45, 2.75) is 39.7 Å². The van der Waals surface area contributed by atoms with Crippen LogP contribution in [0, 0.1) is 18.2 Å². The lowest BCUT2D eigenvalue weighted by Crippen LogP contribution is -2.59. The Morgan fingerprint density at radius 1 is 1.04 bits per heavy atom. The Morgan fingerprint density at radius 2 is 1.84 bits per heavy atom. The van der Waals surface area contributed by atoms with Crippen molar-refractivity contribution in [3.8, 4) is 21.0 Å². The average Bonchev–Trinajstić information content (AvgIpc) is 3.72. The van der Waals surface area contributed by atoms with Crippen LogP contribution in [0.1, 0.15) is 51.6 Å². The van der Waals surface area contributed by atoms with Gasteiger partial charge in [-0.05, 0) is 105 Å². The summed E-state index contributed by atoms with van der Waals surface area (Å²) in [5.74, 6) is -0.183. The molecule has 0 radical (unpaired) electrons. The van der Waals surface area contributed by atoms with Crippen molar-refractivity contribution >= 4 is 40.3 Å². The molecule has 3 aromatic heterocycles. The molecule has 5 aromatic rings. The second-order valence-corrected chi connectivity index (χ2v) is 14.3. The molecular formula is C38H37FN6O3S. The van der Waals surface area contributed by atoms with Crippen LogP contribution in [0.2, 0.25) is 0 Å². The van der Waals surface area contributed by atoms with Crippen molar-refractivity contribution in [1.29, 1.82) is 0 Å². The van der Waals surface area contributed by atoms with E-state index in [4.69, 9.17) is 4.74 Å². The van der Waals surface area contributed by atoms with E-state index >= 15 is 0 Å². The molecule has 2 amide bonds. The predicted molar refractivity (Wildman–Crippen MR) is 190 cm³/mol. The monoisotopic (exact) mass is 676 g/mol. The highest BCUT2D eigenvalue weighted by molar-refractivity contribution is 7.19. The number of amides is 2. The fourth-order valence-corrected chi connectivity index (χ4v) is 8.59. The van der Waals surface area contributed by atoms with Crippen LogP contribution in [0.4, 0.5) is 21.6 Å². The Bertz CT molecular complexity index is 2060. The summed E-state index contributed by atoms with van der Waals surface area (Å²) in [6.07, 6.45) is 6.29. The number of hydrogen-bond donors (Lipinski definition) is 1. The molecule has 9 nitrogen and oxygen atoms in total. The van der Waals surface area contributed by atoms with Crippen LogP contribution in [0.3, 0.4) is 0 Å². The number of aryl methyl sites for hydroxylation is 2. The average molecular weight is 677 g/mol. The fraction of sp³-hybridized carbons (Fsp3) is 0.316. The van der Waals surface area contributed by atoms with Crippen molar-refractivity contribution in [3.63, 3.8) is 0 Å². The van der Waals surface area contributed by atoms with E-state index in [0.29, 0.717) is 41.3 Å². The molecule has 2 fully saturated rings. The van der Waals surface area contributed by atoms with Crippen molar-refractivity contribution < 1.29 is 18.7 Å². The molecule has 2 saturated heterocycles. The zero-order valence-electron chi connectivity index (χ0n) is 27.5. The van der Waals surface area contributed by atoms with Gasteiger partial charge in [0.15, 0.2) is 0 Å². The molecule has 3 aliphatic rings. The summed E-state index contributed by atoms with van der Waals surface area (Å²) in [6, 6.07) is 17.6. The highest BCUT2D eigenvalue weighted by Crippen LogP contribution is 2.45. The van der Waals surface area contributed by atoms with E-state index in [-0.39, 0.29) is 17.2 Å². The number of fused-ring (bicyclic) bond motifs is 3. The maximum atomic E-state index is 14.7. The smallest absolute Gasteiger partial charge is 0.259 e. The summed E-state index contributed by atoms with van der Waals surface area (Å²) in [5.41, 5.74) is 6.24. The van der Waals surface area contributed by atoms with E-state index in [0.717, 1.165) is 77.8 Å². The summed E-state index contributed by atoms with van der Waals surface area (Å²) < 4.78 is 22.2. The van der Waals surface area contributed by atoms with Crippen LogP contribution in [0.25, 0.3) is 21.0 Å². The van der Waals surface area contributed by atoms with Gasteiger partial charge >= 0.3 is 0 Å². The van der Waals surface area contributed by atoms with Crippen LogP contribution in [0.5, 0.6) is 0 Å². The Morgan fingerprint density at radius 3 is 2.61 bits per heavy atom. The Labute approximate surface area is 288 Å². The van der Waals surface area contributed by atoms with Crippen LogP contribution in [0.15, 0.2) is 73.1 Å². The van der Waals surface area contributed by atoms with Crippen molar-refractivity contribution in [2.75, 3.05) is 48.0 Å². The van der Waals surface area contributed by atoms with Crippen molar-refractivity contribution in [2.24, 2.45) is 5.41 Å². The third-order valence-electron chi connectivity index (χ3n) is 9.97. The number of nitrogens with one attached hydrogen (secondary N) is 1. The largest absolute Gasteiger partial charge is 0.381 e. The topological polar surface area (TPSA) is 92.6 Å². The summed E-state index contributed by atoms with van der Waals surface area (Å²) in [6.45, 7) is 8.45. The third-order valence-corrected chi connectivity index (χ3v) is 11.2. The van der Waals surface area contributed by atoms with Gasteiger partial charge in [-0.25, -0.2) is 9.37 Å². The number of thiophene rings is 1. The maximum absolute atomic E-state index is 14.7. The molecule has 8 rings (SSSR count). The van der Waals surface area contributed by atoms with Crippen molar-refractivity contribution in [1.82, 2.24) is 14.8 Å². The van der Waals surface area contributed by atoms with Crippen molar-refractivity contribution in [3.05, 3.63) is 101 Å². The van der Waals surface area contributed by atoms with Crippen LogP contribution in [-0.2, 0) is 17.7 Å². The Kier molecular flexibility index (Phi) is 8.04. The minimum Gasteiger partial charge on any atom is -0.381 e. The zero-order chi connectivity index (χ0) is 33.7. The number of nitrogens with zero attached hydrogens (tertiary/aromatic N) is 5. The Balaban J connectivity index is 1.01. The number of ether oxygens (including phenoxy) is 1. The first-order chi connectivity index (χ1) is 23.8. The molecule has 11 heteroatoms. The molecule has 0 unspecified atom stereocenters. The molecule has 6 heterocycles. The molecular weight excluding hydrogens is 640 g/mol. The van der Waals surface area contributed by atoms with E-state index in [1.54, 1.807) is 59.0 Å². The summed E-state index contributed by atoms with van der Waals surface area (Å²) in [5, 5.41) is 7.43. The number of benzene rings is 2. The highest BCUT2D eigenvalue weighted by Gasteiger charge is 2.45. The molecule has 1 spiro atoms. The number of halogens is 1. The minimum atomic E-state index is -0.398. The van der Waals surface area contributed by atoms with Gasteiger partial charge in [-0.15, -0.1) is 11.3 Å². The predicted octanol–water partition coefficient (Wildman–Crippen LogP) is 7.21. The number of carbonyl (C=O) groups excluding carboxylic acids is 2. The number of hydrogen-bond acceptors (Lipinski definition) is 7. The van der Waals surface area contributed by atoms with Gasteiger partial charge in [0.1, 0.15) is 11.6 Å². The van der Waals surface area contributed by atoms with Gasteiger partial charge in [-0.1, -0.05) is 0 Å². The lowest BCUT2D eigenvalue weighted by molar-refractivity contribution is -0.000510. The normalized spacial score (nSPS) is 16.5. The van der Waals surface area contributed by atoms with E-state index in [1.807, 2.05) is 23.7 Å². The zero-order valence-corrected chi connectivity index (χ0v) is 28.4. The first-order valence-electron chi connectivity index (χ1n) is 16.8. The summed E-state index contributed by atoms with van der Waals surface area (Å²) in [7, 11) is 0. The summed E-state index contributed by atoms with van der Waals surface area (Å²) >= 11 is 1.64. The van der Waals surface area contributed by atoms with Gasteiger partial charge in [0, 0.05) is 78.9 Å². The van der Waals surface area contributed by atoms with E-state index in [2.05, 4.69) is 33.3 Å². The van der Waals surface area contributed by atoms with Crippen LogP contribution < -0.4 is 15.1 Å². The molecule has 0 atom stereocenters. The number of anilines is 3. The SMILES string of the molecule is CCn1nccc1-c1cc2c(s1)-c1ccc(F)cc1N(C(=O)c1ccc(NC(=O)c3cc(C)cnc3N3CC4(CCOCC4)C3)cc1)CC2. The maximum Gasteiger partial charge on any atom is 0.259 e. The number of rotatable bonds is 6. The third kappa shape index (κ3) is 5.80. The number of pyridine rings is 1. The number of aromatic nitrogens is 3. The second-order valence-electron chi connectivity index (χ2n) is 13.2. The first kappa shape index (κ1) is 31.4. The standard InChI is InChI=1S/C38H37FN6O3S/c1-3-45-31(10-14-41-45)33-19-26-11-15-44(32-20-27(39)6-9-29(32)34(26)49-33)37(47)25-4-7-28(8-5-25)42-36(46)30-18-24(2)21-40-35(30)43-22-38(23-43)12-16-48-17-13-38/h4-10,14,18-21H,3,11-13,15-17,22-23H2,1-2H3,(H,42,46). The molecule has 3 aliphatic heterocycles. The van der Waals surface area contributed by atoms with Gasteiger partial charge in [0.2, 0.25) is 0 Å². The highest BCUT2D eigenvalue weighted by atomic mass is 32.1. The minimum absolute atomic E-state index is 0.228. The van der Waals surface area contributed by atoms with E-state index in [9.17, 15) is 14.0 Å². The quantitative estimate of drug-likeness (QED) is 0.204. The summed E-state index contributed by atoms with van der Waals surface area (Å²) in [4.78, 5) is 38.2. The molecule has 2 aromatic carbocycles. The van der Waals surface area contributed by atoms with E-state index in [1.165, 1.54) is 12.1 Å². The fourth-order valence-electron chi connectivity index (χ4n) is 7.31. The molecule has 0 aliphatic carbocycles. The molecule has 0 saturated carbocycles. The molecule has 1 N–H and O–H groups in total. The van der Waals surface area contributed by atoms with Gasteiger partial charge in [-0.2, -0.15) is 5.10 Å². The lowest BCUT2D eigenvalue weighted by atomic mass is 9.73. The van der Waals surface area contributed by atoms with Gasteiger partial charge in [0.05, 0.1) is 21.8 Å².